The fourth-order valence-electron chi connectivity index (χ4n) is 1.93. The second-order valence-electron chi connectivity index (χ2n) is 4.24. The van der Waals surface area contributed by atoms with Crippen molar-refractivity contribution >= 4 is 36.6 Å². The van der Waals surface area contributed by atoms with Crippen molar-refractivity contribution in [3.05, 3.63) is 58.7 Å². The molecule has 3 aromatic rings. The molecule has 1 nitrogen and oxygen atoms in total. The van der Waals surface area contributed by atoms with Crippen molar-refractivity contribution in [2.24, 2.45) is 0 Å². The van der Waals surface area contributed by atoms with Crippen LogP contribution in [0, 0.1) is 4.64 Å². The van der Waals surface area contributed by atoms with Crippen molar-refractivity contribution < 1.29 is 13.2 Å². The van der Waals surface area contributed by atoms with Gasteiger partial charge in [-0.2, -0.15) is 0 Å². The van der Waals surface area contributed by atoms with E-state index in [1.807, 2.05) is 33.9 Å². The van der Waals surface area contributed by atoms with Crippen molar-refractivity contribution in [2.75, 3.05) is 0 Å². The Balaban J connectivity index is 2.23. The van der Waals surface area contributed by atoms with Crippen molar-refractivity contribution in [2.45, 2.75) is 6.18 Å². The van der Waals surface area contributed by atoms with Gasteiger partial charge >= 0.3 is 124 Å². The number of nitrogens with zero attached hydrogens (tertiary/aromatic N) is 1. The maximum atomic E-state index is 12.7. The summed E-state index contributed by atoms with van der Waals surface area (Å²) in [5.74, 6) is 0. The van der Waals surface area contributed by atoms with Crippen LogP contribution in [0.15, 0.2) is 48.5 Å². The van der Waals surface area contributed by atoms with Gasteiger partial charge in [0.1, 0.15) is 0 Å². The van der Waals surface area contributed by atoms with Crippen LogP contribution in [0.5, 0.6) is 0 Å². The van der Waals surface area contributed by atoms with Crippen molar-refractivity contribution in [1.29, 1.82) is 0 Å². The van der Waals surface area contributed by atoms with Crippen LogP contribution in [0.25, 0.3) is 15.3 Å². The molecule has 6 heteroatoms. The zero-order chi connectivity index (χ0) is 14.3. The fourth-order valence-corrected chi connectivity index (χ4v) is 4.75. The number of halogens is 3. The summed E-state index contributed by atoms with van der Waals surface area (Å²) in [5.41, 5.74) is 0.304. The summed E-state index contributed by atoms with van der Waals surface area (Å²) in [5, 5.41) is 0.733. The van der Waals surface area contributed by atoms with Crippen LogP contribution in [0.1, 0.15) is 5.56 Å². The van der Waals surface area contributed by atoms with E-state index < -0.39 is 11.7 Å². The number of rotatable bonds is 1. The molecule has 0 radical (unpaired) electrons. The molecule has 1 heterocycles. The van der Waals surface area contributed by atoms with E-state index in [9.17, 15) is 13.2 Å². The van der Waals surface area contributed by atoms with Gasteiger partial charge in [-0.25, -0.2) is 0 Å². The van der Waals surface area contributed by atoms with Gasteiger partial charge < -0.3 is 0 Å². The molecule has 3 rings (SSSR count). The molecule has 0 aliphatic carbocycles. The topological polar surface area (TPSA) is 4.93 Å². The average molecular weight is 358 g/mol. The normalized spacial score (nSPS) is 11.9. The summed E-state index contributed by atoms with van der Waals surface area (Å²) >= 11 is 5.12. The molecule has 1 aromatic heterocycles. The van der Waals surface area contributed by atoms with Gasteiger partial charge in [0.2, 0.25) is 0 Å². The fraction of sp³-hybridized carbons (Fsp3) is 0.0714. The van der Waals surface area contributed by atoms with Gasteiger partial charge in [0, 0.05) is 0 Å². The van der Waals surface area contributed by atoms with Crippen molar-refractivity contribution in [1.82, 2.24) is 3.56 Å². The van der Waals surface area contributed by atoms with Gasteiger partial charge in [-0.1, -0.05) is 0 Å². The van der Waals surface area contributed by atoms with E-state index in [-0.39, 0.29) is 14.7 Å². The predicted molar refractivity (Wildman–Crippen MR) is 76.1 cm³/mol. The summed E-state index contributed by atoms with van der Waals surface area (Å²) in [4.78, 5) is 0. The molecule has 0 spiro atoms. The predicted octanol–water partition coefficient (Wildman–Crippen LogP) is 4.44. The average Bonchev–Trinajstić information content (AvgIpc) is 2.76. The van der Waals surface area contributed by atoms with Crippen molar-refractivity contribution in [3.8, 4) is 5.69 Å². The molecule has 0 unspecified atom stereocenters. The van der Waals surface area contributed by atoms with E-state index in [1.54, 1.807) is 0 Å². The first kappa shape index (κ1) is 13.6. The number of hydrogen-bond donors (Lipinski definition) is 0. The van der Waals surface area contributed by atoms with Gasteiger partial charge in [-0.05, 0) is 0 Å². The van der Waals surface area contributed by atoms with Gasteiger partial charge in [-0.15, -0.1) is 0 Å². The quantitative estimate of drug-likeness (QED) is 0.460. The second kappa shape index (κ2) is 4.88. The number of fused-ring (bicyclic) bond motifs is 1. The molecule has 102 valence electrons. The van der Waals surface area contributed by atoms with E-state index in [0.717, 1.165) is 17.1 Å². The Hall–Kier alpha value is -1.36. The number of para-hydroxylation sites is 1. The molecule has 0 saturated carbocycles. The first-order chi connectivity index (χ1) is 9.47. The zero-order valence-corrected chi connectivity index (χ0v) is 12.5. The van der Waals surface area contributed by atoms with Gasteiger partial charge in [0.25, 0.3) is 0 Å². The molecule has 0 N–H and O–H groups in total. The molecule has 20 heavy (non-hydrogen) atoms. The molecule has 0 bridgehead atoms. The van der Waals surface area contributed by atoms with Gasteiger partial charge in [-0.3, -0.25) is 0 Å². The molecule has 0 amide bonds. The van der Waals surface area contributed by atoms with E-state index in [2.05, 4.69) is 0 Å². The number of alkyl halides is 3. The third kappa shape index (κ3) is 2.35. The molecule has 0 aliphatic rings. The molecular formula is C14H8F3NSSe. The molecule has 0 saturated heterocycles. The Kier molecular flexibility index (Phi) is 3.32. The van der Waals surface area contributed by atoms with E-state index in [4.69, 9.17) is 12.2 Å². The monoisotopic (exact) mass is 359 g/mol. The van der Waals surface area contributed by atoms with Crippen LogP contribution in [0.3, 0.4) is 0 Å². The van der Waals surface area contributed by atoms with Crippen LogP contribution in [0.2, 0.25) is 0 Å². The maximum absolute atomic E-state index is 12.7. The number of hydrogen-bond acceptors (Lipinski definition) is 1. The third-order valence-corrected chi connectivity index (χ3v) is 5.90. The summed E-state index contributed by atoms with van der Waals surface area (Å²) in [6.07, 6.45) is -4.31. The molecule has 0 atom stereocenters. The first-order valence-electron chi connectivity index (χ1n) is 5.75. The molecule has 0 fully saturated rings. The van der Waals surface area contributed by atoms with E-state index in [1.165, 1.54) is 12.1 Å². The zero-order valence-electron chi connectivity index (χ0n) is 10.0. The second-order valence-corrected chi connectivity index (χ2v) is 6.69. The number of aromatic nitrogens is 1. The minimum atomic E-state index is -4.31. The first-order valence-corrected chi connectivity index (χ1v) is 7.78. The Morgan fingerprint density at radius 1 is 1.00 bits per heavy atom. The molecular weight excluding hydrogens is 350 g/mol. The van der Waals surface area contributed by atoms with Crippen LogP contribution < -0.4 is 0 Å². The summed E-state index contributed by atoms with van der Waals surface area (Å²) < 4.78 is 41.4. The summed E-state index contributed by atoms with van der Waals surface area (Å²) in [6.45, 7) is 0. The van der Waals surface area contributed by atoms with E-state index >= 15 is 0 Å². The Labute approximate surface area is 124 Å². The van der Waals surface area contributed by atoms with E-state index in [0.29, 0.717) is 8.90 Å². The SMILES string of the molecule is FC(F)(F)c1ccc2c(=S)n(-c3ccccc3)[se]c2c1. The Morgan fingerprint density at radius 3 is 2.35 bits per heavy atom. The number of benzene rings is 2. The van der Waals surface area contributed by atoms with Crippen molar-refractivity contribution in [3.63, 3.8) is 0 Å². The summed E-state index contributed by atoms with van der Waals surface area (Å²) in [7, 11) is 0. The third-order valence-electron chi connectivity index (χ3n) is 2.90. The molecule has 0 aliphatic heterocycles. The Bertz CT molecular complexity index is 818. The van der Waals surface area contributed by atoms with Gasteiger partial charge in [0.05, 0.1) is 0 Å². The molecule has 2 aromatic carbocycles. The minimum absolute atomic E-state index is 0.255. The summed E-state index contributed by atoms with van der Waals surface area (Å²) in [6, 6.07) is 13.3. The van der Waals surface area contributed by atoms with Crippen LogP contribution in [-0.4, -0.2) is 18.3 Å². The van der Waals surface area contributed by atoms with Crippen LogP contribution in [-0.2, 0) is 6.18 Å². The van der Waals surface area contributed by atoms with Gasteiger partial charge in [0.15, 0.2) is 0 Å². The van der Waals surface area contributed by atoms with Crippen LogP contribution in [0.4, 0.5) is 13.2 Å². The Morgan fingerprint density at radius 2 is 1.70 bits per heavy atom. The van der Waals surface area contributed by atoms with Crippen LogP contribution >= 0.6 is 12.2 Å². The standard InChI is InChI=1S/C14H8F3NSSe/c15-14(16,17)9-6-7-11-12(8-9)20-18(13(11)19)10-4-2-1-3-5-10/h1-8H.